The zero-order chi connectivity index (χ0) is 30.2. The van der Waals surface area contributed by atoms with Crippen molar-refractivity contribution < 1.29 is 41.0 Å². The predicted octanol–water partition coefficient (Wildman–Crippen LogP) is 9.01. The van der Waals surface area contributed by atoms with Gasteiger partial charge in [0.25, 0.3) is 0 Å². The average Bonchev–Trinajstić information content (AvgIpc) is 3.58. The zero-order valence-corrected chi connectivity index (χ0v) is 22.6. The first-order valence-electron chi connectivity index (χ1n) is 13.5. The minimum Gasteiger partial charge on any atom is -0.489 e. The SMILES string of the molecule is CC(CC(=O)O)c1ccc(OCc2ccc3c(-c4cc(C(F)(F)F)cc(C(F)(F)F)c4)nn(C4CCCC4)c3c2)cc1. The monoisotopic (exact) mass is 590 g/mol. The van der Waals surface area contributed by atoms with Crippen molar-refractivity contribution in [3.63, 3.8) is 0 Å². The van der Waals surface area contributed by atoms with E-state index in [1.807, 2.05) is 13.0 Å². The number of carboxylic acids is 1. The van der Waals surface area contributed by atoms with E-state index >= 15 is 0 Å². The van der Waals surface area contributed by atoms with Crippen LogP contribution in [0.1, 0.15) is 73.2 Å². The van der Waals surface area contributed by atoms with Crippen molar-refractivity contribution in [3.05, 3.63) is 82.9 Å². The highest BCUT2D eigenvalue weighted by Gasteiger charge is 2.37. The molecular formula is C31H28F6N2O3. The molecule has 5 rings (SSSR count). The lowest BCUT2D eigenvalue weighted by Crippen LogP contribution is -2.11. The van der Waals surface area contributed by atoms with Gasteiger partial charge in [-0.2, -0.15) is 31.4 Å². The minimum atomic E-state index is -4.96. The van der Waals surface area contributed by atoms with Crippen LogP contribution < -0.4 is 4.74 Å². The Morgan fingerprint density at radius 1 is 0.952 bits per heavy atom. The molecule has 1 aromatic heterocycles. The molecule has 3 aromatic carbocycles. The second-order valence-corrected chi connectivity index (χ2v) is 10.7. The van der Waals surface area contributed by atoms with Crippen LogP contribution >= 0.6 is 0 Å². The van der Waals surface area contributed by atoms with E-state index in [2.05, 4.69) is 5.10 Å². The Morgan fingerprint density at radius 3 is 2.14 bits per heavy atom. The van der Waals surface area contributed by atoms with E-state index in [1.54, 1.807) is 41.1 Å². The third-order valence-corrected chi connectivity index (χ3v) is 7.64. The van der Waals surface area contributed by atoms with Gasteiger partial charge in [0.1, 0.15) is 18.1 Å². The molecule has 1 unspecified atom stereocenters. The molecule has 0 spiro atoms. The van der Waals surface area contributed by atoms with Gasteiger partial charge in [-0.05, 0) is 66.3 Å². The fourth-order valence-corrected chi connectivity index (χ4v) is 5.44. The molecule has 0 bridgehead atoms. The molecule has 222 valence electrons. The molecule has 1 heterocycles. The molecule has 0 amide bonds. The third-order valence-electron chi connectivity index (χ3n) is 7.64. The number of halogens is 6. The lowest BCUT2D eigenvalue weighted by molar-refractivity contribution is -0.143. The van der Waals surface area contributed by atoms with Crippen molar-refractivity contribution >= 4 is 16.9 Å². The fraction of sp³-hybridized carbons (Fsp3) is 0.355. The second-order valence-electron chi connectivity index (χ2n) is 10.7. The lowest BCUT2D eigenvalue weighted by atomic mass is 9.98. The highest BCUT2D eigenvalue weighted by Crippen LogP contribution is 2.41. The highest BCUT2D eigenvalue weighted by molar-refractivity contribution is 5.94. The van der Waals surface area contributed by atoms with Gasteiger partial charge in [0, 0.05) is 10.9 Å². The first-order chi connectivity index (χ1) is 19.8. The van der Waals surface area contributed by atoms with Gasteiger partial charge in [0.15, 0.2) is 0 Å². The van der Waals surface area contributed by atoms with E-state index in [9.17, 15) is 31.1 Å². The molecule has 1 fully saturated rings. The van der Waals surface area contributed by atoms with Crippen LogP contribution in [0.3, 0.4) is 0 Å². The van der Waals surface area contributed by atoms with Gasteiger partial charge in [-0.3, -0.25) is 9.48 Å². The number of rotatable bonds is 8. The maximum atomic E-state index is 13.6. The van der Waals surface area contributed by atoms with E-state index in [4.69, 9.17) is 9.84 Å². The largest absolute Gasteiger partial charge is 0.489 e. The molecule has 11 heteroatoms. The van der Waals surface area contributed by atoms with Crippen LogP contribution in [0.25, 0.3) is 22.2 Å². The Kier molecular flexibility index (Phi) is 7.96. The van der Waals surface area contributed by atoms with Crippen LogP contribution in [0.2, 0.25) is 0 Å². The van der Waals surface area contributed by atoms with Gasteiger partial charge in [-0.25, -0.2) is 0 Å². The van der Waals surface area contributed by atoms with E-state index in [0.717, 1.165) is 36.8 Å². The van der Waals surface area contributed by atoms with Crippen LogP contribution in [-0.4, -0.2) is 20.9 Å². The van der Waals surface area contributed by atoms with E-state index in [1.165, 1.54) is 0 Å². The smallest absolute Gasteiger partial charge is 0.416 e. The standard InChI is InChI=1S/C31H28F6N2O3/c1-18(12-28(40)41)20-7-9-25(10-8-20)42-17-19-6-11-26-27(13-19)39(24-4-2-3-5-24)38-29(26)21-14-22(30(32,33)34)16-23(15-21)31(35,36)37/h6-11,13-16,18,24H,2-5,12,17H2,1H3,(H,40,41). The summed E-state index contributed by atoms with van der Waals surface area (Å²) in [7, 11) is 0. The van der Waals surface area contributed by atoms with Crippen molar-refractivity contribution in [1.29, 1.82) is 0 Å². The number of benzene rings is 3. The molecule has 42 heavy (non-hydrogen) atoms. The summed E-state index contributed by atoms with van der Waals surface area (Å²) >= 11 is 0. The van der Waals surface area contributed by atoms with Crippen LogP contribution in [-0.2, 0) is 23.8 Å². The number of ether oxygens (including phenoxy) is 1. The predicted molar refractivity (Wildman–Crippen MR) is 144 cm³/mol. The van der Waals surface area contributed by atoms with E-state index < -0.39 is 29.4 Å². The lowest BCUT2D eigenvalue weighted by Gasteiger charge is -2.14. The van der Waals surface area contributed by atoms with E-state index in [-0.39, 0.29) is 42.3 Å². The quantitative estimate of drug-likeness (QED) is 0.208. The molecule has 1 aliphatic carbocycles. The number of aliphatic carboxylic acids is 1. The van der Waals surface area contributed by atoms with Gasteiger partial charge >= 0.3 is 18.3 Å². The summed E-state index contributed by atoms with van der Waals surface area (Å²) in [5, 5.41) is 14.1. The Morgan fingerprint density at radius 2 is 1.57 bits per heavy atom. The summed E-state index contributed by atoms with van der Waals surface area (Å²) in [6.45, 7) is 1.98. The molecule has 5 nitrogen and oxygen atoms in total. The summed E-state index contributed by atoms with van der Waals surface area (Å²) in [6.07, 6.45) is -6.40. The van der Waals surface area contributed by atoms with Crippen molar-refractivity contribution in [2.75, 3.05) is 0 Å². The van der Waals surface area contributed by atoms with Crippen LogP contribution in [0.5, 0.6) is 5.75 Å². The number of carboxylic acid groups (broad SMARTS) is 1. The molecule has 1 atom stereocenters. The number of fused-ring (bicyclic) bond motifs is 1. The Bertz CT molecular complexity index is 1550. The summed E-state index contributed by atoms with van der Waals surface area (Å²) in [4.78, 5) is 11.0. The summed E-state index contributed by atoms with van der Waals surface area (Å²) < 4.78 is 89.1. The minimum absolute atomic E-state index is 0.00883. The number of hydrogen-bond acceptors (Lipinski definition) is 3. The molecule has 1 N–H and O–H groups in total. The van der Waals surface area contributed by atoms with Crippen LogP contribution in [0.15, 0.2) is 60.7 Å². The molecule has 1 aliphatic rings. The van der Waals surface area contributed by atoms with Gasteiger partial charge in [0.05, 0.1) is 29.1 Å². The maximum absolute atomic E-state index is 13.6. The van der Waals surface area contributed by atoms with Crippen molar-refractivity contribution in [3.8, 4) is 17.0 Å². The fourth-order valence-electron chi connectivity index (χ4n) is 5.44. The Hall–Kier alpha value is -4.02. The van der Waals surface area contributed by atoms with Gasteiger partial charge in [-0.1, -0.05) is 44.0 Å². The summed E-state index contributed by atoms with van der Waals surface area (Å²) in [6, 6.07) is 13.8. The summed E-state index contributed by atoms with van der Waals surface area (Å²) in [5.41, 5.74) is -0.735. The highest BCUT2D eigenvalue weighted by atomic mass is 19.4. The number of nitrogens with zero attached hydrogens (tertiary/aromatic N) is 2. The maximum Gasteiger partial charge on any atom is 0.416 e. The molecular weight excluding hydrogens is 562 g/mol. The Balaban J connectivity index is 1.49. The third kappa shape index (κ3) is 6.39. The molecule has 1 saturated carbocycles. The van der Waals surface area contributed by atoms with Crippen molar-refractivity contribution in [2.24, 2.45) is 0 Å². The van der Waals surface area contributed by atoms with Gasteiger partial charge < -0.3 is 9.84 Å². The second kappa shape index (κ2) is 11.3. The first kappa shape index (κ1) is 29.5. The molecule has 0 saturated heterocycles. The molecule has 0 radical (unpaired) electrons. The number of hydrogen-bond donors (Lipinski definition) is 1. The first-order valence-corrected chi connectivity index (χ1v) is 13.5. The van der Waals surface area contributed by atoms with Gasteiger partial charge in [0.2, 0.25) is 0 Å². The molecule has 4 aromatic rings. The van der Waals surface area contributed by atoms with E-state index in [0.29, 0.717) is 28.8 Å². The normalized spacial score (nSPS) is 15.3. The molecule has 0 aliphatic heterocycles. The Labute approximate surface area is 237 Å². The number of aromatic nitrogens is 2. The zero-order valence-electron chi connectivity index (χ0n) is 22.6. The topological polar surface area (TPSA) is 64.3 Å². The summed E-state index contributed by atoms with van der Waals surface area (Å²) in [5.74, 6) is -0.477. The average molecular weight is 591 g/mol. The van der Waals surface area contributed by atoms with Crippen LogP contribution in [0, 0.1) is 0 Å². The number of carbonyl (C=O) groups is 1. The van der Waals surface area contributed by atoms with Crippen molar-refractivity contribution in [2.45, 2.75) is 69.9 Å². The van der Waals surface area contributed by atoms with Crippen LogP contribution in [0.4, 0.5) is 26.3 Å². The van der Waals surface area contributed by atoms with Gasteiger partial charge in [-0.15, -0.1) is 0 Å². The van der Waals surface area contributed by atoms with Crippen molar-refractivity contribution in [1.82, 2.24) is 9.78 Å². The number of alkyl halides is 6.